The van der Waals surface area contributed by atoms with Crippen molar-refractivity contribution in [2.75, 3.05) is 13.2 Å². The van der Waals surface area contributed by atoms with Gasteiger partial charge in [-0.05, 0) is 13.0 Å². The Morgan fingerprint density at radius 2 is 2.40 bits per heavy atom. The Kier molecular flexibility index (Phi) is 5.88. The molecule has 0 saturated carbocycles. The van der Waals surface area contributed by atoms with Gasteiger partial charge >= 0.3 is 0 Å². The van der Waals surface area contributed by atoms with E-state index in [-0.39, 0.29) is 6.61 Å². The molecular weight excluding hydrogens is 128 g/mol. The van der Waals surface area contributed by atoms with E-state index >= 15 is 0 Å². The Hall–Kier alpha value is -0.760. The lowest BCUT2D eigenvalue weighted by Crippen LogP contribution is -1.94. The van der Waals surface area contributed by atoms with Crippen molar-refractivity contribution >= 4 is 0 Å². The summed E-state index contributed by atoms with van der Waals surface area (Å²) < 4.78 is 5.15. The van der Waals surface area contributed by atoms with Gasteiger partial charge in [0.15, 0.2) is 0 Å². The van der Waals surface area contributed by atoms with Crippen molar-refractivity contribution in [3.05, 3.63) is 24.5 Å². The molecule has 0 unspecified atom stereocenters. The number of hydrogen-bond acceptors (Lipinski definition) is 2. The van der Waals surface area contributed by atoms with Crippen molar-refractivity contribution in [3.63, 3.8) is 0 Å². The third-order valence-electron chi connectivity index (χ3n) is 0.985. The number of hydrogen-bond donors (Lipinski definition) is 1. The SMILES string of the molecule is C=C/C=C(/C)OCCCO. The summed E-state index contributed by atoms with van der Waals surface area (Å²) in [6.07, 6.45) is 4.15. The average Bonchev–Trinajstić information content (AvgIpc) is 1.89. The maximum Gasteiger partial charge on any atom is 0.0928 e. The van der Waals surface area contributed by atoms with E-state index in [0.717, 1.165) is 5.76 Å². The van der Waals surface area contributed by atoms with Crippen LogP contribution in [0.4, 0.5) is 0 Å². The molecule has 0 aromatic rings. The fourth-order valence-electron chi connectivity index (χ4n) is 0.512. The highest BCUT2D eigenvalue weighted by Crippen LogP contribution is 1.95. The molecule has 0 aromatic heterocycles. The van der Waals surface area contributed by atoms with Gasteiger partial charge in [-0.3, -0.25) is 0 Å². The van der Waals surface area contributed by atoms with Gasteiger partial charge in [-0.25, -0.2) is 0 Å². The van der Waals surface area contributed by atoms with Crippen LogP contribution in [0, 0.1) is 0 Å². The van der Waals surface area contributed by atoms with E-state index in [1.807, 2.05) is 6.92 Å². The third-order valence-corrected chi connectivity index (χ3v) is 0.985. The monoisotopic (exact) mass is 142 g/mol. The molecular formula is C8H14O2. The second-order valence-corrected chi connectivity index (χ2v) is 1.94. The minimum Gasteiger partial charge on any atom is -0.498 e. The van der Waals surface area contributed by atoms with Crippen molar-refractivity contribution in [3.8, 4) is 0 Å². The minimum atomic E-state index is 0.182. The van der Waals surface area contributed by atoms with E-state index in [0.29, 0.717) is 13.0 Å². The summed E-state index contributed by atoms with van der Waals surface area (Å²) in [6, 6.07) is 0. The van der Waals surface area contributed by atoms with E-state index in [4.69, 9.17) is 9.84 Å². The quantitative estimate of drug-likeness (QED) is 0.358. The predicted octanol–water partition coefficient (Wildman–Crippen LogP) is 1.48. The molecule has 0 atom stereocenters. The second-order valence-electron chi connectivity index (χ2n) is 1.94. The maximum absolute atomic E-state index is 8.39. The molecule has 0 heterocycles. The highest BCUT2D eigenvalue weighted by atomic mass is 16.5. The van der Waals surface area contributed by atoms with E-state index in [2.05, 4.69) is 6.58 Å². The van der Waals surface area contributed by atoms with Crippen LogP contribution in [0.5, 0.6) is 0 Å². The molecule has 0 rings (SSSR count). The highest BCUT2D eigenvalue weighted by molar-refractivity contribution is 5.01. The van der Waals surface area contributed by atoms with Gasteiger partial charge in [-0.15, -0.1) is 0 Å². The second kappa shape index (κ2) is 6.36. The molecule has 0 saturated heterocycles. The molecule has 2 nitrogen and oxygen atoms in total. The Morgan fingerprint density at radius 3 is 2.90 bits per heavy atom. The summed E-state index contributed by atoms with van der Waals surface area (Å²) in [5, 5.41) is 8.39. The molecule has 2 heteroatoms. The van der Waals surface area contributed by atoms with Gasteiger partial charge in [0.05, 0.1) is 12.4 Å². The van der Waals surface area contributed by atoms with Gasteiger partial charge in [0.25, 0.3) is 0 Å². The van der Waals surface area contributed by atoms with Crippen LogP contribution in [0.1, 0.15) is 13.3 Å². The van der Waals surface area contributed by atoms with Crippen LogP contribution < -0.4 is 0 Å². The first-order valence-corrected chi connectivity index (χ1v) is 3.34. The first-order chi connectivity index (χ1) is 4.81. The predicted molar refractivity (Wildman–Crippen MR) is 41.6 cm³/mol. The normalized spacial score (nSPS) is 11.2. The van der Waals surface area contributed by atoms with Gasteiger partial charge in [0.1, 0.15) is 0 Å². The number of ether oxygens (including phenoxy) is 1. The Labute approximate surface area is 61.8 Å². The standard InChI is InChI=1S/C8H14O2/c1-3-5-8(2)10-7-4-6-9/h3,5,9H,1,4,6-7H2,2H3/b8-5-. The summed E-state index contributed by atoms with van der Waals surface area (Å²) in [5.41, 5.74) is 0. The lowest BCUT2D eigenvalue weighted by atomic mass is 10.4. The lowest BCUT2D eigenvalue weighted by Gasteiger charge is -2.02. The molecule has 1 N–H and O–H groups in total. The van der Waals surface area contributed by atoms with Crippen LogP contribution >= 0.6 is 0 Å². The van der Waals surface area contributed by atoms with Crippen molar-refractivity contribution in [2.24, 2.45) is 0 Å². The van der Waals surface area contributed by atoms with E-state index in [1.165, 1.54) is 0 Å². The van der Waals surface area contributed by atoms with Crippen LogP contribution in [0.25, 0.3) is 0 Å². The molecule has 58 valence electrons. The molecule has 0 aliphatic rings. The van der Waals surface area contributed by atoms with Gasteiger partial charge in [-0.1, -0.05) is 12.7 Å². The topological polar surface area (TPSA) is 29.5 Å². The van der Waals surface area contributed by atoms with Crippen molar-refractivity contribution in [2.45, 2.75) is 13.3 Å². The van der Waals surface area contributed by atoms with E-state index < -0.39 is 0 Å². The molecule has 0 aliphatic carbocycles. The molecule has 0 bridgehead atoms. The smallest absolute Gasteiger partial charge is 0.0928 e. The average molecular weight is 142 g/mol. The summed E-state index contributed by atoms with van der Waals surface area (Å²) in [5.74, 6) is 0.837. The molecule has 0 fully saturated rings. The van der Waals surface area contributed by atoms with Crippen LogP contribution in [-0.2, 0) is 4.74 Å². The van der Waals surface area contributed by atoms with Crippen molar-refractivity contribution < 1.29 is 9.84 Å². The van der Waals surface area contributed by atoms with Crippen molar-refractivity contribution in [1.82, 2.24) is 0 Å². The summed E-state index contributed by atoms with van der Waals surface area (Å²) >= 11 is 0. The van der Waals surface area contributed by atoms with E-state index in [1.54, 1.807) is 12.2 Å². The molecule has 0 spiro atoms. The summed E-state index contributed by atoms with van der Waals surface area (Å²) in [6.45, 7) is 6.14. The maximum atomic E-state index is 8.39. The molecule has 10 heavy (non-hydrogen) atoms. The first-order valence-electron chi connectivity index (χ1n) is 3.34. The number of aliphatic hydroxyl groups is 1. The van der Waals surface area contributed by atoms with Crippen LogP contribution in [0.3, 0.4) is 0 Å². The minimum absolute atomic E-state index is 0.182. The Morgan fingerprint density at radius 1 is 1.70 bits per heavy atom. The zero-order valence-electron chi connectivity index (χ0n) is 6.34. The molecule has 0 amide bonds. The van der Waals surface area contributed by atoms with E-state index in [9.17, 15) is 0 Å². The van der Waals surface area contributed by atoms with Crippen LogP contribution in [-0.4, -0.2) is 18.3 Å². The molecule has 0 aromatic carbocycles. The zero-order chi connectivity index (χ0) is 7.82. The van der Waals surface area contributed by atoms with Gasteiger partial charge in [0.2, 0.25) is 0 Å². The zero-order valence-corrected chi connectivity index (χ0v) is 6.34. The Balaban J connectivity index is 3.29. The molecule has 0 radical (unpaired) electrons. The van der Waals surface area contributed by atoms with Gasteiger partial charge in [-0.2, -0.15) is 0 Å². The van der Waals surface area contributed by atoms with Crippen LogP contribution in [0.15, 0.2) is 24.5 Å². The fourth-order valence-corrected chi connectivity index (χ4v) is 0.512. The third kappa shape index (κ3) is 5.38. The number of allylic oxidation sites excluding steroid dienone is 3. The Bertz CT molecular complexity index is 116. The van der Waals surface area contributed by atoms with Gasteiger partial charge in [0, 0.05) is 13.0 Å². The fraction of sp³-hybridized carbons (Fsp3) is 0.500. The lowest BCUT2D eigenvalue weighted by molar-refractivity contribution is 0.177. The van der Waals surface area contributed by atoms with Gasteiger partial charge < -0.3 is 9.84 Å². The first kappa shape index (κ1) is 9.24. The summed E-state index contributed by atoms with van der Waals surface area (Å²) in [4.78, 5) is 0. The molecule has 0 aliphatic heterocycles. The van der Waals surface area contributed by atoms with Crippen molar-refractivity contribution in [1.29, 1.82) is 0 Å². The number of rotatable bonds is 5. The summed E-state index contributed by atoms with van der Waals surface area (Å²) in [7, 11) is 0. The largest absolute Gasteiger partial charge is 0.498 e. The van der Waals surface area contributed by atoms with Crippen LogP contribution in [0.2, 0.25) is 0 Å². The number of aliphatic hydroxyl groups excluding tert-OH is 1. The highest BCUT2D eigenvalue weighted by Gasteiger charge is 1.86.